The van der Waals surface area contributed by atoms with Gasteiger partial charge in [-0.15, -0.1) is 0 Å². The van der Waals surface area contributed by atoms with Crippen molar-refractivity contribution in [1.29, 1.82) is 0 Å². The summed E-state index contributed by atoms with van der Waals surface area (Å²) >= 11 is 0. The van der Waals surface area contributed by atoms with Crippen LogP contribution in [0.3, 0.4) is 0 Å². The first kappa shape index (κ1) is 10.5. The number of anilines is 2. The van der Waals surface area contributed by atoms with E-state index < -0.39 is 11.9 Å². The van der Waals surface area contributed by atoms with Crippen LogP contribution in [0.15, 0.2) is 16.7 Å². The van der Waals surface area contributed by atoms with Crippen LogP contribution in [0.25, 0.3) is 0 Å². The number of H-pyrrole nitrogens is 1. The van der Waals surface area contributed by atoms with E-state index in [0.29, 0.717) is 11.6 Å². The van der Waals surface area contributed by atoms with Crippen LogP contribution >= 0.6 is 0 Å². The number of halogens is 3. The van der Waals surface area contributed by atoms with E-state index in [1.165, 1.54) is 0 Å². The Hall–Kier alpha value is -1.99. The molecule has 0 radical (unpaired) electrons. The predicted octanol–water partition coefficient (Wildman–Crippen LogP) is 2.47. The third kappa shape index (κ3) is 2.15. The molecule has 0 unspecified atom stereocenters. The van der Waals surface area contributed by atoms with Gasteiger partial charge in [0.15, 0.2) is 11.6 Å². The third-order valence-corrected chi connectivity index (χ3v) is 1.77. The van der Waals surface area contributed by atoms with Gasteiger partial charge in [0, 0.05) is 12.1 Å². The second-order valence-corrected chi connectivity index (χ2v) is 3.11. The maximum absolute atomic E-state index is 12.2. The van der Waals surface area contributed by atoms with Crippen LogP contribution in [0, 0.1) is 6.92 Å². The summed E-state index contributed by atoms with van der Waals surface area (Å²) in [6.07, 6.45) is -4.44. The van der Waals surface area contributed by atoms with Crippen LogP contribution < -0.4 is 5.32 Å². The van der Waals surface area contributed by atoms with Crippen LogP contribution in [-0.4, -0.2) is 15.4 Å². The highest BCUT2D eigenvalue weighted by atomic mass is 19.4. The molecule has 0 aliphatic rings. The smallest absolute Gasteiger partial charge is 0.360 e. The summed E-state index contributed by atoms with van der Waals surface area (Å²) in [5, 5.41) is 11.5. The maximum atomic E-state index is 12.2. The molecule has 0 saturated heterocycles. The minimum atomic E-state index is -4.44. The molecule has 0 amide bonds. The van der Waals surface area contributed by atoms with Gasteiger partial charge in [-0.1, -0.05) is 5.16 Å². The Balaban J connectivity index is 2.14. The van der Waals surface area contributed by atoms with Crippen LogP contribution in [0.4, 0.5) is 24.8 Å². The summed E-state index contributed by atoms with van der Waals surface area (Å²) in [6.45, 7) is 1.67. The molecule has 0 aromatic carbocycles. The number of aromatic amines is 1. The number of aromatic nitrogens is 3. The maximum Gasteiger partial charge on any atom is 0.432 e. The average Bonchev–Trinajstić information content (AvgIpc) is 2.74. The van der Waals surface area contributed by atoms with Gasteiger partial charge in [0.2, 0.25) is 0 Å². The molecule has 2 aromatic rings. The highest BCUT2D eigenvalue weighted by Crippen LogP contribution is 2.29. The van der Waals surface area contributed by atoms with Crippen molar-refractivity contribution < 1.29 is 17.7 Å². The van der Waals surface area contributed by atoms with Gasteiger partial charge < -0.3 is 9.84 Å². The first-order chi connectivity index (χ1) is 7.45. The molecule has 0 atom stereocenters. The molecule has 16 heavy (non-hydrogen) atoms. The Morgan fingerprint density at radius 2 is 2.06 bits per heavy atom. The molecule has 86 valence electrons. The second kappa shape index (κ2) is 3.54. The van der Waals surface area contributed by atoms with Gasteiger partial charge in [-0.2, -0.15) is 18.3 Å². The van der Waals surface area contributed by atoms with Crippen LogP contribution in [-0.2, 0) is 6.18 Å². The van der Waals surface area contributed by atoms with Gasteiger partial charge in [-0.25, -0.2) is 0 Å². The molecular weight excluding hydrogens is 225 g/mol. The Labute approximate surface area is 87.6 Å². The SMILES string of the molecule is Cc1cc(Nc2cc(C(F)(F)F)[nH]n2)no1. The topological polar surface area (TPSA) is 66.7 Å². The quantitative estimate of drug-likeness (QED) is 0.834. The van der Waals surface area contributed by atoms with Gasteiger partial charge in [-0.3, -0.25) is 5.10 Å². The monoisotopic (exact) mass is 232 g/mol. The fourth-order valence-electron chi connectivity index (χ4n) is 1.09. The largest absolute Gasteiger partial charge is 0.432 e. The van der Waals surface area contributed by atoms with Crippen molar-refractivity contribution in [1.82, 2.24) is 15.4 Å². The van der Waals surface area contributed by atoms with Gasteiger partial charge in [0.25, 0.3) is 0 Å². The summed E-state index contributed by atoms with van der Waals surface area (Å²) in [4.78, 5) is 0. The van der Waals surface area contributed by atoms with E-state index in [1.807, 2.05) is 5.10 Å². The molecule has 0 aliphatic heterocycles. The van der Waals surface area contributed by atoms with Crippen molar-refractivity contribution in [2.24, 2.45) is 0 Å². The van der Waals surface area contributed by atoms with E-state index in [0.717, 1.165) is 6.07 Å². The Bertz CT molecular complexity index is 487. The highest BCUT2D eigenvalue weighted by molar-refractivity contribution is 5.51. The normalized spacial score (nSPS) is 11.8. The fraction of sp³-hybridized carbons (Fsp3) is 0.250. The number of hydrogen-bond acceptors (Lipinski definition) is 4. The summed E-state index contributed by atoms with van der Waals surface area (Å²) in [6, 6.07) is 2.39. The molecule has 0 fully saturated rings. The number of nitrogens with one attached hydrogen (secondary N) is 2. The van der Waals surface area contributed by atoms with E-state index in [9.17, 15) is 13.2 Å². The Kier molecular flexibility index (Phi) is 2.33. The molecule has 0 saturated carbocycles. The first-order valence-corrected chi connectivity index (χ1v) is 4.28. The summed E-state index contributed by atoms with van der Waals surface area (Å²) in [7, 11) is 0. The van der Waals surface area contributed by atoms with Crippen LogP contribution in [0.5, 0.6) is 0 Å². The van der Waals surface area contributed by atoms with Crippen molar-refractivity contribution in [2.75, 3.05) is 5.32 Å². The van der Waals surface area contributed by atoms with Gasteiger partial charge in [0.05, 0.1) is 0 Å². The minimum Gasteiger partial charge on any atom is -0.360 e. The summed E-state index contributed by atoms with van der Waals surface area (Å²) in [5.41, 5.74) is -0.921. The third-order valence-electron chi connectivity index (χ3n) is 1.77. The highest BCUT2D eigenvalue weighted by Gasteiger charge is 2.33. The fourth-order valence-corrected chi connectivity index (χ4v) is 1.09. The molecular formula is C8H7F3N4O. The zero-order valence-corrected chi connectivity index (χ0v) is 8.09. The van der Waals surface area contributed by atoms with Crippen molar-refractivity contribution in [3.63, 3.8) is 0 Å². The molecule has 2 rings (SSSR count). The number of aryl methyl sites for hydroxylation is 1. The van der Waals surface area contributed by atoms with E-state index in [1.54, 1.807) is 13.0 Å². The number of alkyl halides is 3. The minimum absolute atomic E-state index is 0.0284. The average molecular weight is 232 g/mol. The first-order valence-electron chi connectivity index (χ1n) is 4.28. The molecule has 2 heterocycles. The lowest BCUT2D eigenvalue weighted by Gasteiger charge is -1.99. The predicted molar refractivity (Wildman–Crippen MR) is 48.1 cm³/mol. The standard InChI is InChI=1S/C8H7F3N4O/c1-4-2-7(15-16-4)12-6-3-5(13-14-6)8(9,10)11/h2-3H,1H3,(H2,12,13,14,15). The van der Waals surface area contributed by atoms with E-state index in [4.69, 9.17) is 4.52 Å². The lowest BCUT2D eigenvalue weighted by molar-refractivity contribution is -0.141. The van der Waals surface area contributed by atoms with E-state index in [-0.39, 0.29) is 5.82 Å². The number of hydrogen-bond donors (Lipinski definition) is 2. The van der Waals surface area contributed by atoms with Crippen molar-refractivity contribution in [3.8, 4) is 0 Å². The molecule has 8 heteroatoms. The summed E-state index contributed by atoms with van der Waals surface area (Å²) < 4.78 is 41.4. The molecule has 0 bridgehead atoms. The van der Waals surface area contributed by atoms with Gasteiger partial charge in [0.1, 0.15) is 11.5 Å². The van der Waals surface area contributed by atoms with Crippen molar-refractivity contribution >= 4 is 11.6 Å². The van der Waals surface area contributed by atoms with Crippen molar-refractivity contribution in [2.45, 2.75) is 13.1 Å². The molecule has 0 aliphatic carbocycles. The van der Waals surface area contributed by atoms with Gasteiger partial charge >= 0.3 is 6.18 Å². The van der Waals surface area contributed by atoms with E-state index in [2.05, 4.69) is 15.6 Å². The molecule has 0 spiro atoms. The Morgan fingerprint density at radius 1 is 1.31 bits per heavy atom. The molecule has 2 aromatic heterocycles. The van der Waals surface area contributed by atoms with Crippen LogP contribution in [0.2, 0.25) is 0 Å². The van der Waals surface area contributed by atoms with Gasteiger partial charge in [-0.05, 0) is 6.92 Å². The molecule has 5 nitrogen and oxygen atoms in total. The van der Waals surface area contributed by atoms with Crippen LogP contribution in [0.1, 0.15) is 11.5 Å². The zero-order chi connectivity index (χ0) is 11.8. The van der Waals surface area contributed by atoms with E-state index >= 15 is 0 Å². The molecule has 2 N–H and O–H groups in total. The number of nitrogens with zero attached hydrogens (tertiary/aromatic N) is 2. The summed E-state index contributed by atoms with van der Waals surface area (Å²) in [5.74, 6) is 0.882. The zero-order valence-electron chi connectivity index (χ0n) is 8.09. The lowest BCUT2D eigenvalue weighted by Crippen LogP contribution is -2.04. The number of rotatable bonds is 2. The Morgan fingerprint density at radius 3 is 2.56 bits per heavy atom. The van der Waals surface area contributed by atoms with Crippen molar-refractivity contribution in [3.05, 3.63) is 23.6 Å². The second-order valence-electron chi connectivity index (χ2n) is 3.11. The lowest BCUT2D eigenvalue weighted by atomic mass is 10.4.